The molecule has 0 bridgehead atoms. The third-order valence-corrected chi connectivity index (χ3v) is 4.75. The lowest BCUT2D eigenvalue weighted by atomic mass is 9.94. The van der Waals surface area contributed by atoms with E-state index in [1.807, 2.05) is 19.1 Å². The summed E-state index contributed by atoms with van der Waals surface area (Å²) in [6.45, 7) is 15.6. The minimum atomic E-state index is -0.420. The fourth-order valence-electron chi connectivity index (χ4n) is 2.79. The molecule has 0 aliphatic carbocycles. The van der Waals surface area contributed by atoms with E-state index in [9.17, 15) is 5.11 Å². The molecule has 2 saturated heterocycles. The first kappa shape index (κ1) is 24.9. The molecule has 6 heteroatoms. The van der Waals surface area contributed by atoms with Crippen molar-refractivity contribution < 1.29 is 24.1 Å². The molecule has 2 fully saturated rings. The normalized spacial score (nSPS) is 25.6. The number of allylic oxidation sites excluding steroid dienone is 1. The highest BCUT2D eigenvalue weighted by atomic mass is 35.5. The van der Waals surface area contributed by atoms with Crippen molar-refractivity contribution in [1.29, 1.82) is 0 Å². The zero-order chi connectivity index (χ0) is 20.5. The molecule has 5 nitrogen and oxygen atoms in total. The highest BCUT2D eigenvalue weighted by Gasteiger charge is 2.29. The van der Waals surface area contributed by atoms with E-state index in [0.717, 1.165) is 32.8 Å². The van der Waals surface area contributed by atoms with Crippen molar-refractivity contribution in [2.24, 2.45) is 16.7 Å². The fourth-order valence-corrected chi connectivity index (χ4v) is 2.91. The Hall–Kier alpha value is -0.170. The summed E-state index contributed by atoms with van der Waals surface area (Å²) in [4.78, 5) is 0. The maximum absolute atomic E-state index is 9.43. The predicted molar refractivity (Wildman–Crippen MR) is 109 cm³/mol. The van der Waals surface area contributed by atoms with Crippen LogP contribution in [0.4, 0.5) is 0 Å². The van der Waals surface area contributed by atoms with Gasteiger partial charge in [-0.25, -0.2) is 0 Å². The van der Waals surface area contributed by atoms with Gasteiger partial charge in [0.1, 0.15) is 0 Å². The van der Waals surface area contributed by atoms with E-state index >= 15 is 0 Å². The average Bonchev–Trinajstić information content (AvgIpc) is 2.59. The second-order valence-corrected chi connectivity index (χ2v) is 9.59. The lowest BCUT2D eigenvalue weighted by Crippen LogP contribution is -2.38. The number of hydrogen-bond donors (Lipinski definition) is 1. The van der Waals surface area contributed by atoms with Crippen LogP contribution in [0.15, 0.2) is 12.2 Å². The van der Waals surface area contributed by atoms with Gasteiger partial charge in [0.2, 0.25) is 0 Å². The molecule has 0 radical (unpaired) electrons. The minimum Gasteiger partial charge on any atom is -0.392 e. The Morgan fingerprint density at radius 2 is 1.48 bits per heavy atom. The van der Waals surface area contributed by atoms with Crippen molar-refractivity contribution in [3.05, 3.63) is 12.2 Å². The molecule has 0 aromatic heterocycles. The van der Waals surface area contributed by atoms with Gasteiger partial charge >= 0.3 is 0 Å². The molecule has 2 rings (SSSR count). The van der Waals surface area contributed by atoms with E-state index in [2.05, 4.69) is 34.6 Å². The Labute approximate surface area is 170 Å². The van der Waals surface area contributed by atoms with Gasteiger partial charge in [0.15, 0.2) is 12.6 Å². The highest BCUT2D eigenvalue weighted by molar-refractivity contribution is 6.18. The topological polar surface area (TPSA) is 57.2 Å². The number of rotatable bonds is 6. The summed E-state index contributed by atoms with van der Waals surface area (Å²) >= 11 is 5.56. The SMILES string of the molecule is CC(CC(O)CCl)CC1OCC(C)(C)CO1.CC=CC1OCC(C)(C)CO1. The minimum absolute atomic E-state index is 0.118. The molecule has 0 spiro atoms. The molecule has 0 aromatic rings. The van der Waals surface area contributed by atoms with E-state index in [4.69, 9.17) is 30.5 Å². The molecule has 27 heavy (non-hydrogen) atoms. The summed E-state index contributed by atoms with van der Waals surface area (Å²) in [5.74, 6) is 0.656. The van der Waals surface area contributed by atoms with E-state index < -0.39 is 6.10 Å². The van der Waals surface area contributed by atoms with Crippen LogP contribution < -0.4 is 0 Å². The average molecular weight is 407 g/mol. The van der Waals surface area contributed by atoms with Crippen LogP contribution in [0.1, 0.15) is 54.4 Å². The third-order valence-electron chi connectivity index (χ3n) is 4.39. The number of ether oxygens (including phenoxy) is 4. The van der Waals surface area contributed by atoms with Crippen molar-refractivity contribution in [3.63, 3.8) is 0 Å². The van der Waals surface area contributed by atoms with Gasteiger partial charge in [-0.05, 0) is 25.3 Å². The van der Waals surface area contributed by atoms with Gasteiger partial charge < -0.3 is 24.1 Å². The maximum atomic E-state index is 9.43. The quantitative estimate of drug-likeness (QED) is 0.524. The van der Waals surface area contributed by atoms with Gasteiger partial charge in [0, 0.05) is 23.1 Å². The Morgan fingerprint density at radius 3 is 1.93 bits per heavy atom. The molecule has 160 valence electrons. The van der Waals surface area contributed by atoms with Gasteiger partial charge in [0.25, 0.3) is 0 Å². The summed E-state index contributed by atoms with van der Waals surface area (Å²) in [7, 11) is 0. The Morgan fingerprint density at radius 1 is 1.00 bits per heavy atom. The largest absolute Gasteiger partial charge is 0.392 e. The monoisotopic (exact) mass is 406 g/mol. The second-order valence-electron chi connectivity index (χ2n) is 9.28. The molecule has 2 heterocycles. The van der Waals surface area contributed by atoms with Crippen LogP contribution in [0.3, 0.4) is 0 Å². The van der Waals surface area contributed by atoms with Crippen molar-refractivity contribution in [3.8, 4) is 0 Å². The van der Waals surface area contributed by atoms with Crippen molar-refractivity contribution in [2.75, 3.05) is 32.3 Å². The second kappa shape index (κ2) is 11.7. The van der Waals surface area contributed by atoms with Crippen molar-refractivity contribution in [2.45, 2.75) is 73.1 Å². The van der Waals surface area contributed by atoms with Gasteiger partial charge in [-0.3, -0.25) is 0 Å². The summed E-state index contributed by atoms with van der Waals surface area (Å²) in [5, 5.41) is 9.43. The smallest absolute Gasteiger partial charge is 0.176 e. The van der Waals surface area contributed by atoms with Gasteiger partial charge in [-0.2, -0.15) is 0 Å². The molecule has 1 N–H and O–H groups in total. The number of hydrogen-bond acceptors (Lipinski definition) is 5. The van der Waals surface area contributed by atoms with Crippen LogP contribution in [-0.4, -0.2) is 56.1 Å². The molecule has 2 aliphatic rings. The zero-order valence-corrected chi connectivity index (χ0v) is 18.6. The highest BCUT2D eigenvalue weighted by Crippen LogP contribution is 2.26. The van der Waals surface area contributed by atoms with Gasteiger partial charge in [0.05, 0.1) is 32.5 Å². The first-order valence-corrected chi connectivity index (χ1v) is 10.4. The van der Waals surface area contributed by atoms with Crippen molar-refractivity contribution in [1.82, 2.24) is 0 Å². The molecule has 2 atom stereocenters. The van der Waals surface area contributed by atoms with Crippen LogP contribution in [0.2, 0.25) is 0 Å². The van der Waals surface area contributed by atoms with Crippen LogP contribution >= 0.6 is 11.6 Å². The molecule has 0 amide bonds. The number of aliphatic hydroxyl groups excluding tert-OH is 1. The lowest BCUT2D eigenvalue weighted by molar-refractivity contribution is -0.227. The molecular weight excluding hydrogens is 368 g/mol. The summed E-state index contributed by atoms with van der Waals surface area (Å²) in [6, 6.07) is 0. The third kappa shape index (κ3) is 10.8. The fraction of sp³-hybridized carbons (Fsp3) is 0.905. The first-order chi connectivity index (χ1) is 12.6. The van der Waals surface area contributed by atoms with Gasteiger partial charge in [-0.1, -0.05) is 40.7 Å². The summed E-state index contributed by atoms with van der Waals surface area (Å²) in [6.07, 6.45) is 4.74. The molecule has 2 aliphatic heterocycles. The first-order valence-electron chi connectivity index (χ1n) is 9.90. The van der Waals surface area contributed by atoms with E-state index in [0.29, 0.717) is 18.2 Å². The number of aliphatic hydroxyl groups is 1. The van der Waals surface area contributed by atoms with Crippen LogP contribution in [-0.2, 0) is 18.9 Å². The molecular formula is C21H39ClO5. The Balaban J connectivity index is 0.000000289. The van der Waals surface area contributed by atoms with E-state index in [1.165, 1.54) is 0 Å². The van der Waals surface area contributed by atoms with Crippen molar-refractivity contribution >= 4 is 11.6 Å². The molecule has 0 saturated carbocycles. The van der Waals surface area contributed by atoms with Crippen LogP contribution in [0.5, 0.6) is 0 Å². The van der Waals surface area contributed by atoms with Gasteiger partial charge in [-0.15, -0.1) is 11.6 Å². The molecule has 2 unspecified atom stereocenters. The zero-order valence-electron chi connectivity index (χ0n) is 17.9. The maximum Gasteiger partial charge on any atom is 0.176 e. The number of halogens is 1. The van der Waals surface area contributed by atoms with Crippen LogP contribution in [0, 0.1) is 16.7 Å². The molecule has 0 aromatic carbocycles. The van der Waals surface area contributed by atoms with E-state index in [1.54, 1.807) is 0 Å². The standard InChI is InChI=1S/C12H23ClO3.C9H16O2/c1-9(4-10(14)6-13)5-11-15-7-12(2,3)8-16-11;1-4-5-8-10-6-9(2,3)7-11-8/h9-11,14H,4-8H2,1-3H3;4-5,8H,6-7H2,1-3H3. The van der Waals surface area contributed by atoms with Crippen LogP contribution in [0.25, 0.3) is 0 Å². The summed E-state index contributed by atoms with van der Waals surface area (Å²) in [5.41, 5.74) is 0.299. The summed E-state index contributed by atoms with van der Waals surface area (Å²) < 4.78 is 22.1. The number of alkyl halides is 1. The Kier molecular flexibility index (Phi) is 10.8. The van der Waals surface area contributed by atoms with E-state index in [-0.39, 0.29) is 23.4 Å². The predicted octanol–water partition coefficient (Wildman–Crippen LogP) is 4.36. The Bertz CT molecular complexity index is 418. The lowest BCUT2D eigenvalue weighted by Gasteiger charge is -2.35.